The van der Waals surface area contributed by atoms with Crippen molar-refractivity contribution in [3.63, 3.8) is 0 Å². The van der Waals surface area contributed by atoms with Gasteiger partial charge in [-0.05, 0) is 39.2 Å². The van der Waals surface area contributed by atoms with Gasteiger partial charge in [0.25, 0.3) is 0 Å². The number of rotatable bonds is 4. The van der Waals surface area contributed by atoms with E-state index in [2.05, 4.69) is 21.7 Å². The minimum atomic E-state index is 0.257. The first-order valence-corrected chi connectivity index (χ1v) is 9.88. The van der Waals surface area contributed by atoms with Gasteiger partial charge in [-0.15, -0.1) is 0 Å². The van der Waals surface area contributed by atoms with Crippen LogP contribution in [0, 0.1) is 19.8 Å². The third kappa shape index (κ3) is 4.59. The Bertz CT molecular complexity index is 646. The second kappa shape index (κ2) is 8.60. The number of likely N-dealkylation sites (tertiary alicyclic amines) is 1. The van der Waals surface area contributed by atoms with Crippen LogP contribution in [0.25, 0.3) is 0 Å². The summed E-state index contributed by atoms with van der Waals surface area (Å²) in [6.45, 7) is 6.25. The highest BCUT2D eigenvalue weighted by Gasteiger charge is 2.31. The van der Waals surface area contributed by atoms with Gasteiger partial charge in [0.1, 0.15) is 11.5 Å². The second-order valence-electron chi connectivity index (χ2n) is 7.61. The predicted molar refractivity (Wildman–Crippen MR) is 103 cm³/mol. The largest absolute Gasteiger partial charge is 0.466 e. The average Bonchev–Trinajstić information content (AvgIpc) is 3.24. The number of hydrogen-bond donors (Lipinski definition) is 2. The maximum atomic E-state index is 12.7. The Kier molecular flexibility index (Phi) is 6.22. The van der Waals surface area contributed by atoms with Crippen LogP contribution in [0.15, 0.2) is 15.5 Å². The number of furan rings is 1. The monoisotopic (exact) mass is 360 g/mol. The van der Waals surface area contributed by atoms with Crippen molar-refractivity contribution in [2.24, 2.45) is 10.9 Å². The summed E-state index contributed by atoms with van der Waals surface area (Å²) in [5.41, 5.74) is 1.14. The predicted octanol–water partition coefficient (Wildman–Crippen LogP) is 2.74. The smallest absolute Gasteiger partial charge is 0.225 e. The molecule has 1 aliphatic carbocycles. The SMILES string of the molecule is CN=C(NCc1cc(C)oc1C)NC1CCN(C(=O)C2CCCCC2)C1. The van der Waals surface area contributed by atoms with Gasteiger partial charge < -0.3 is 20.0 Å². The van der Waals surface area contributed by atoms with E-state index >= 15 is 0 Å². The van der Waals surface area contributed by atoms with Crippen molar-refractivity contribution in [1.29, 1.82) is 0 Å². The van der Waals surface area contributed by atoms with E-state index in [0.717, 1.165) is 55.4 Å². The van der Waals surface area contributed by atoms with Crippen LogP contribution < -0.4 is 10.6 Å². The zero-order valence-corrected chi connectivity index (χ0v) is 16.3. The standard InChI is InChI=1S/C20H32N4O2/c1-14-11-17(15(2)26-14)12-22-20(21-3)23-18-9-10-24(13-18)19(25)16-7-5-4-6-8-16/h11,16,18H,4-10,12-13H2,1-3H3,(H2,21,22,23). The molecule has 144 valence electrons. The fraction of sp³-hybridized carbons (Fsp3) is 0.700. The van der Waals surface area contributed by atoms with Crippen molar-refractivity contribution in [3.8, 4) is 0 Å². The summed E-state index contributed by atoms with van der Waals surface area (Å²) < 4.78 is 5.57. The molecule has 1 unspecified atom stereocenters. The van der Waals surface area contributed by atoms with Crippen LogP contribution in [0.5, 0.6) is 0 Å². The van der Waals surface area contributed by atoms with Crippen molar-refractivity contribution in [3.05, 3.63) is 23.2 Å². The summed E-state index contributed by atoms with van der Waals surface area (Å²) >= 11 is 0. The number of aliphatic imine (C=N–C) groups is 1. The Hall–Kier alpha value is -1.98. The first-order valence-electron chi connectivity index (χ1n) is 9.88. The third-order valence-corrected chi connectivity index (χ3v) is 5.61. The lowest BCUT2D eigenvalue weighted by Gasteiger charge is -2.26. The molecule has 1 aliphatic heterocycles. The highest BCUT2D eigenvalue weighted by atomic mass is 16.3. The van der Waals surface area contributed by atoms with Crippen LogP contribution >= 0.6 is 0 Å². The van der Waals surface area contributed by atoms with Gasteiger partial charge in [0, 0.05) is 44.2 Å². The van der Waals surface area contributed by atoms with Gasteiger partial charge in [-0.2, -0.15) is 0 Å². The van der Waals surface area contributed by atoms with E-state index in [1.54, 1.807) is 7.05 Å². The first-order chi connectivity index (χ1) is 12.6. The quantitative estimate of drug-likeness (QED) is 0.640. The molecule has 2 aliphatic rings. The fourth-order valence-electron chi connectivity index (χ4n) is 4.11. The van der Waals surface area contributed by atoms with Crippen molar-refractivity contribution in [1.82, 2.24) is 15.5 Å². The van der Waals surface area contributed by atoms with Gasteiger partial charge in [-0.25, -0.2) is 0 Å². The van der Waals surface area contributed by atoms with E-state index in [1.165, 1.54) is 19.3 Å². The zero-order valence-electron chi connectivity index (χ0n) is 16.3. The zero-order chi connectivity index (χ0) is 18.5. The van der Waals surface area contributed by atoms with Gasteiger partial charge >= 0.3 is 0 Å². The topological polar surface area (TPSA) is 69.9 Å². The number of aryl methyl sites for hydroxylation is 2. The van der Waals surface area contributed by atoms with Gasteiger partial charge in [0.05, 0.1) is 0 Å². The Balaban J connectivity index is 1.47. The molecule has 2 N–H and O–H groups in total. The van der Waals surface area contributed by atoms with Crippen molar-refractivity contribution >= 4 is 11.9 Å². The van der Waals surface area contributed by atoms with Crippen LogP contribution in [0.1, 0.15) is 55.6 Å². The van der Waals surface area contributed by atoms with E-state index in [0.29, 0.717) is 12.5 Å². The van der Waals surface area contributed by atoms with Gasteiger partial charge in [0.15, 0.2) is 5.96 Å². The van der Waals surface area contributed by atoms with Crippen molar-refractivity contribution in [2.45, 2.75) is 65.0 Å². The molecule has 26 heavy (non-hydrogen) atoms. The Morgan fingerprint density at radius 1 is 1.27 bits per heavy atom. The van der Waals surface area contributed by atoms with E-state index in [-0.39, 0.29) is 12.0 Å². The number of carbonyl (C=O) groups is 1. The molecule has 3 rings (SSSR count). The molecule has 2 fully saturated rings. The summed E-state index contributed by atoms with van der Waals surface area (Å²) in [6.07, 6.45) is 6.81. The molecule has 1 saturated heterocycles. The molecule has 6 heteroatoms. The summed E-state index contributed by atoms with van der Waals surface area (Å²) in [7, 11) is 1.78. The lowest BCUT2D eigenvalue weighted by atomic mass is 9.88. The van der Waals surface area contributed by atoms with Gasteiger partial charge in [0.2, 0.25) is 5.91 Å². The number of amides is 1. The fourth-order valence-corrected chi connectivity index (χ4v) is 4.11. The highest BCUT2D eigenvalue weighted by molar-refractivity contribution is 5.81. The van der Waals surface area contributed by atoms with Crippen LogP contribution in [-0.4, -0.2) is 42.9 Å². The molecule has 1 aromatic heterocycles. The number of hydrogen-bond acceptors (Lipinski definition) is 3. The minimum Gasteiger partial charge on any atom is -0.466 e. The van der Waals surface area contributed by atoms with E-state index in [1.807, 2.05) is 18.7 Å². The molecular formula is C20H32N4O2. The lowest BCUT2D eigenvalue weighted by molar-refractivity contribution is -0.135. The molecule has 2 heterocycles. The minimum absolute atomic E-state index is 0.257. The molecule has 6 nitrogen and oxygen atoms in total. The van der Waals surface area contributed by atoms with E-state index < -0.39 is 0 Å². The molecule has 0 aromatic carbocycles. The summed E-state index contributed by atoms with van der Waals surface area (Å²) in [6, 6.07) is 2.32. The normalized spacial score (nSPS) is 21.9. The molecule has 1 atom stereocenters. The number of carbonyl (C=O) groups excluding carboxylic acids is 1. The summed E-state index contributed by atoms with van der Waals surface area (Å²) in [4.78, 5) is 19.1. The van der Waals surface area contributed by atoms with E-state index in [9.17, 15) is 4.79 Å². The summed E-state index contributed by atoms with van der Waals surface area (Å²) in [5, 5.41) is 6.81. The Labute approximate surface area is 156 Å². The average molecular weight is 361 g/mol. The highest BCUT2D eigenvalue weighted by Crippen LogP contribution is 2.26. The lowest BCUT2D eigenvalue weighted by Crippen LogP contribution is -2.45. The van der Waals surface area contributed by atoms with Crippen LogP contribution in [0.4, 0.5) is 0 Å². The number of guanidine groups is 1. The van der Waals surface area contributed by atoms with E-state index in [4.69, 9.17) is 4.42 Å². The molecule has 1 aromatic rings. The number of nitrogens with zero attached hydrogens (tertiary/aromatic N) is 2. The Morgan fingerprint density at radius 2 is 2.04 bits per heavy atom. The molecule has 0 radical (unpaired) electrons. The van der Waals surface area contributed by atoms with Crippen LogP contribution in [-0.2, 0) is 11.3 Å². The third-order valence-electron chi connectivity index (χ3n) is 5.61. The molecule has 0 spiro atoms. The van der Waals surface area contributed by atoms with Gasteiger partial charge in [-0.3, -0.25) is 9.79 Å². The molecule has 0 bridgehead atoms. The van der Waals surface area contributed by atoms with Gasteiger partial charge in [-0.1, -0.05) is 19.3 Å². The summed E-state index contributed by atoms with van der Waals surface area (Å²) in [5.74, 6) is 3.26. The van der Waals surface area contributed by atoms with Crippen molar-refractivity contribution in [2.75, 3.05) is 20.1 Å². The molecular weight excluding hydrogens is 328 g/mol. The molecule has 1 saturated carbocycles. The van der Waals surface area contributed by atoms with Crippen LogP contribution in [0.2, 0.25) is 0 Å². The molecule has 1 amide bonds. The first kappa shape index (κ1) is 18.8. The van der Waals surface area contributed by atoms with Crippen LogP contribution in [0.3, 0.4) is 0 Å². The maximum Gasteiger partial charge on any atom is 0.225 e. The second-order valence-corrected chi connectivity index (χ2v) is 7.61. The Morgan fingerprint density at radius 3 is 2.69 bits per heavy atom. The van der Waals surface area contributed by atoms with Crippen molar-refractivity contribution < 1.29 is 9.21 Å². The number of nitrogens with one attached hydrogen (secondary N) is 2. The maximum absolute atomic E-state index is 12.7.